The molecule has 2 N–H and O–H groups in total. The van der Waals surface area contributed by atoms with Crippen LogP contribution in [0.25, 0.3) is 0 Å². The maximum absolute atomic E-state index is 11.9. The van der Waals surface area contributed by atoms with Gasteiger partial charge in [-0.3, -0.25) is 0 Å². The van der Waals surface area contributed by atoms with Crippen molar-refractivity contribution in [2.45, 2.75) is 38.1 Å². The van der Waals surface area contributed by atoms with E-state index in [1.165, 1.54) is 0 Å². The lowest BCUT2D eigenvalue weighted by Crippen LogP contribution is -2.54. The van der Waals surface area contributed by atoms with E-state index in [-0.39, 0.29) is 6.61 Å². The second-order valence-corrected chi connectivity index (χ2v) is 9.79. The highest BCUT2D eigenvalue weighted by molar-refractivity contribution is 7.93. The first-order valence-electron chi connectivity index (χ1n) is 6.38. The van der Waals surface area contributed by atoms with Gasteiger partial charge in [0.15, 0.2) is 0 Å². The summed E-state index contributed by atoms with van der Waals surface area (Å²) in [6.07, 6.45) is 4.06. The highest BCUT2D eigenvalue weighted by Crippen LogP contribution is 2.32. The van der Waals surface area contributed by atoms with Crippen molar-refractivity contribution in [3.63, 3.8) is 0 Å². The van der Waals surface area contributed by atoms with Crippen LogP contribution >= 0.6 is 0 Å². The molecule has 6 nitrogen and oxygen atoms in total. The summed E-state index contributed by atoms with van der Waals surface area (Å²) in [4.78, 5) is 0. The van der Waals surface area contributed by atoms with Crippen molar-refractivity contribution in [2.24, 2.45) is 5.92 Å². The van der Waals surface area contributed by atoms with E-state index in [4.69, 9.17) is 0 Å². The molecule has 1 aliphatic rings. The number of rotatable bonds is 6. The Bertz CT molecular complexity index is 499. The predicted octanol–water partition coefficient (Wildman–Crippen LogP) is -0.108. The first-order chi connectivity index (χ1) is 8.58. The third-order valence-corrected chi connectivity index (χ3v) is 6.18. The van der Waals surface area contributed by atoms with Gasteiger partial charge in [0.1, 0.15) is 9.84 Å². The number of sulfonamides is 1. The van der Waals surface area contributed by atoms with E-state index >= 15 is 0 Å². The van der Waals surface area contributed by atoms with Crippen molar-refractivity contribution in [1.29, 1.82) is 0 Å². The number of nitrogens with one attached hydrogen (secondary N) is 1. The Hall–Kier alpha value is -0.180. The molecule has 1 rings (SSSR count). The quantitative estimate of drug-likeness (QED) is 0.713. The van der Waals surface area contributed by atoms with Gasteiger partial charge in [-0.15, -0.1) is 0 Å². The molecule has 0 saturated heterocycles. The fourth-order valence-electron chi connectivity index (χ4n) is 2.57. The Balaban J connectivity index is 2.74. The third-order valence-electron chi connectivity index (χ3n) is 3.49. The molecule has 0 spiro atoms. The van der Waals surface area contributed by atoms with Gasteiger partial charge in [-0.05, 0) is 18.8 Å². The minimum Gasteiger partial charge on any atom is -0.394 e. The molecule has 0 aromatic rings. The number of aliphatic hydroxyl groups is 1. The number of hydrogen-bond donors (Lipinski definition) is 2. The maximum atomic E-state index is 11.9. The molecule has 1 saturated carbocycles. The first kappa shape index (κ1) is 16.9. The van der Waals surface area contributed by atoms with E-state index in [0.717, 1.165) is 19.1 Å². The minimum atomic E-state index is -3.70. The van der Waals surface area contributed by atoms with E-state index in [1.54, 1.807) is 0 Å². The highest BCUT2D eigenvalue weighted by atomic mass is 32.2. The Morgan fingerprint density at radius 3 is 2.37 bits per heavy atom. The van der Waals surface area contributed by atoms with Gasteiger partial charge >= 0.3 is 0 Å². The highest BCUT2D eigenvalue weighted by Gasteiger charge is 2.37. The summed E-state index contributed by atoms with van der Waals surface area (Å²) in [5.41, 5.74) is -0.825. The van der Waals surface area contributed by atoms with Crippen LogP contribution in [-0.4, -0.2) is 51.8 Å². The normalized spacial score (nSPS) is 29.3. The first-order valence-corrected chi connectivity index (χ1v) is 10.1. The molecular weight excluding hydrogens is 290 g/mol. The molecule has 2 atom stereocenters. The molecule has 0 aromatic heterocycles. The lowest BCUT2D eigenvalue weighted by atomic mass is 9.78. The van der Waals surface area contributed by atoms with Crippen molar-refractivity contribution in [2.75, 3.05) is 24.4 Å². The lowest BCUT2D eigenvalue weighted by molar-refractivity contribution is 0.120. The van der Waals surface area contributed by atoms with Gasteiger partial charge in [0.25, 0.3) is 0 Å². The molecule has 1 aliphatic carbocycles. The molecule has 0 bridgehead atoms. The molecule has 2 unspecified atom stereocenters. The van der Waals surface area contributed by atoms with Gasteiger partial charge in [0, 0.05) is 6.26 Å². The van der Waals surface area contributed by atoms with Crippen LogP contribution in [0.3, 0.4) is 0 Å². The van der Waals surface area contributed by atoms with Gasteiger partial charge in [-0.25, -0.2) is 21.6 Å². The molecular formula is C11H23NO5S2. The lowest BCUT2D eigenvalue weighted by Gasteiger charge is -2.39. The van der Waals surface area contributed by atoms with Crippen LogP contribution in [0.4, 0.5) is 0 Å². The Labute approximate surface area is 115 Å². The molecule has 0 amide bonds. The largest absolute Gasteiger partial charge is 0.394 e. The summed E-state index contributed by atoms with van der Waals surface area (Å²) in [7, 11) is -7.01. The molecule has 8 heteroatoms. The van der Waals surface area contributed by atoms with E-state index in [9.17, 15) is 21.9 Å². The topological polar surface area (TPSA) is 101 Å². The SMILES string of the molecule is CC1CCCC(CO)(NS(=O)(=O)CCS(C)(=O)=O)C1. The average Bonchev–Trinajstić information content (AvgIpc) is 2.25. The van der Waals surface area contributed by atoms with Crippen LogP contribution in [0.15, 0.2) is 0 Å². The van der Waals surface area contributed by atoms with E-state index in [2.05, 4.69) is 4.72 Å². The smallest absolute Gasteiger partial charge is 0.213 e. The number of hydrogen-bond acceptors (Lipinski definition) is 5. The maximum Gasteiger partial charge on any atom is 0.213 e. The monoisotopic (exact) mass is 313 g/mol. The summed E-state index contributed by atoms with van der Waals surface area (Å²) in [5.74, 6) is -0.514. The average molecular weight is 313 g/mol. The number of sulfone groups is 1. The van der Waals surface area contributed by atoms with Crippen molar-refractivity contribution >= 4 is 19.9 Å². The predicted molar refractivity (Wildman–Crippen MR) is 74.1 cm³/mol. The Kier molecular flexibility index (Phi) is 5.39. The summed E-state index contributed by atoms with van der Waals surface area (Å²) in [6.45, 7) is 1.77. The minimum absolute atomic E-state index is 0.255. The van der Waals surface area contributed by atoms with Gasteiger partial charge < -0.3 is 5.11 Å². The molecule has 0 aliphatic heterocycles. The zero-order chi connectivity index (χ0) is 14.7. The molecule has 0 aromatic carbocycles. The molecule has 0 radical (unpaired) electrons. The van der Waals surface area contributed by atoms with Gasteiger partial charge in [-0.2, -0.15) is 0 Å². The van der Waals surface area contributed by atoms with Crippen LogP contribution in [0.5, 0.6) is 0 Å². The summed E-state index contributed by atoms with van der Waals surface area (Å²) in [6, 6.07) is 0. The fraction of sp³-hybridized carbons (Fsp3) is 1.00. The standard InChI is InChI=1S/C11H23NO5S2/c1-10-4-3-5-11(8-10,9-13)12-19(16,17)7-6-18(2,14)15/h10,12-13H,3-9H2,1-2H3. The molecule has 114 valence electrons. The van der Waals surface area contributed by atoms with Crippen LogP contribution < -0.4 is 4.72 Å². The molecule has 0 heterocycles. The second-order valence-electron chi connectivity index (χ2n) is 5.69. The fourth-order valence-corrected chi connectivity index (χ4v) is 5.67. The van der Waals surface area contributed by atoms with Crippen LogP contribution in [0.2, 0.25) is 0 Å². The van der Waals surface area contributed by atoms with Crippen molar-refractivity contribution in [1.82, 2.24) is 4.72 Å². The summed E-state index contributed by atoms with van der Waals surface area (Å²) >= 11 is 0. The van der Waals surface area contributed by atoms with Crippen molar-refractivity contribution in [3.8, 4) is 0 Å². The van der Waals surface area contributed by atoms with Crippen LogP contribution in [0.1, 0.15) is 32.6 Å². The third kappa shape index (κ3) is 5.76. The summed E-state index contributed by atoms with van der Waals surface area (Å²) in [5, 5.41) is 9.51. The zero-order valence-corrected chi connectivity index (χ0v) is 13.1. The Morgan fingerprint density at radius 1 is 1.26 bits per heavy atom. The zero-order valence-electron chi connectivity index (χ0n) is 11.4. The van der Waals surface area contributed by atoms with Crippen LogP contribution in [0, 0.1) is 5.92 Å². The molecule has 1 fully saturated rings. The van der Waals surface area contributed by atoms with Crippen LogP contribution in [-0.2, 0) is 19.9 Å². The van der Waals surface area contributed by atoms with E-state index in [1.807, 2.05) is 6.92 Å². The van der Waals surface area contributed by atoms with Crippen molar-refractivity contribution in [3.05, 3.63) is 0 Å². The second kappa shape index (κ2) is 6.07. The summed E-state index contributed by atoms with van der Waals surface area (Å²) < 4.78 is 48.4. The van der Waals surface area contributed by atoms with Crippen molar-refractivity contribution < 1.29 is 21.9 Å². The Morgan fingerprint density at radius 2 is 1.89 bits per heavy atom. The van der Waals surface area contributed by atoms with Gasteiger partial charge in [0.05, 0.1) is 23.7 Å². The molecule has 19 heavy (non-hydrogen) atoms. The van der Waals surface area contributed by atoms with Gasteiger partial charge in [0.2, 0.25) is 10.0 Å². The van der Waals surface area contributed by atoms with Gasteiger partial charge in [-0.1, -0.05) is 19.8 Å². The van der Waals surface area contributed by atoms with E-state index < -0.39 is 36.9 Å². The van der Waals surface area contributed by atoms with E-state index in [0.29, 0.717) is 18.8 Å². The number of aliphatic hydroxyl groups excluding tert-OH is 1.